The summed E-state index contributed by atoms with van der Waals surface area (Å²) >= 11 is 0. The molecule has 0 spiro atoms. The molecule has 1 atom stereocenters. The van der Waals surface area contributed by atoms with Gasteiger partial charge < -0.3 is 29.7 Å². The molecule has 1 saturated heterocycles. The van der Waals surface area contributed by atoms with Crippen LogP contribution in [0.5, 0.6) is 11.5 Å². The first-order chi connectivity index (χ1) is 15.9. The summed E-state index contributed by atoms with van der Waals surface area (Å²) in [5.74, 6) is 0.606. The molecule has 33 heavy (non-hydrogen) atoms. The minimum absolute atomic E-state index is 0.0986. The number of unbranched alkanes of at least 4 members (excludes halogenated alkanes) is 1. The van der Waals surface area contributed by atoms with Gasteiger partial charge in [0.25, 0.3) is 0 Å². The number of hydrogen-bond acceptors (Lipinski definition) is 6. The highest BCUT2D eigenvalue weighted by Crippen LogP contribution is 2.33. The van der Waals surface area contributed by atoms with Crippen LogP contribution in [0, 0.1) is 0 Å². The van der Waals surface area contributed by atoms with Crippen LogP contribution in [0.15, 0.2) is 42.5 Å². The Hall–Kier alpha value is -3.75. The van der Waals surface area contributed by atoms with Gasteiger partial charge in [0, 0.05) is 30.4 Å². The standard InChI is InChI=1S/C24H29N3O6/c1-4-5-12-33-23(29)16-6-8-17(9-7-16)25-24(30)26-18-13-22(28)27(15-18)19-10-11-20(31-2)21(14-19)32-3/h6-11,14,18H,4-5,12-13,15H2,1-3H3,(H2,25,26,30). The van der Waals surface area contributed by atoms with Gasteiger partial charge in [-0.05, 0) is 42.8 Å². The first-order valence-electron chi connectivity index (χ1n) is 10.8. The molecule has 9 nitrogen and oxygen atoms in total. The van der Waals surface area contributed by atoms with E-state index in [0.29, 0.717) is 41.6 Å². The number of methoxy groups -OCH3 is 2. The van der Waals surface area contributed by atoms with Gasteiger partial charge >= 0.3 is 12.0 Å². The van der Waals surface area contributed by atoms with Crippen LogP contribution < -0.4 is 25.0 Å². The number of nitrogens with one attached hydrogen (secondary N) is 2. The van der Waals surface area contributed by atoms with Crippen molar-refractivity contribution >= 4 is 29.3 Å². The lowest BCUT2D eigenvalue weighted by molar-refractivity contribution is -0.117. The van der Waals surface area contributed by atoms with Crippen molar-refractivity contribution < 1.29 is 28.6 Å². The summed E-state index contributed by atoms with van der Waals surface area (Å²) in [4.78, 5) is 38.5. The van der Waals surface area contributed by atoms with E-state index < -0.39 is 6.03 Å². The predicted molar refractivity (Wildman–Crippen MR) is 124 cm³/mol. The lowest BCUT2D eigenvalue weighted by Gasteiger charge is -2.19. The maximum Gasteiger partial charge on any atom is 0.338 e. The summed E-state index contributed by atoms with van der Waals surface area (Å²) in [6, 6.07) is 10.9. The molecular formula is C24H29N3O6. The number of amides is 3. The molecule has 0 radical (unpaired) electrons. The normalized spacial score (nSPS) is 15.2. The summed E-state index contributed by atoms with van der Waals surface area (Å²) < 4.78 is 15.7. The van der Waals surface area contributed by atoms with Crippen molar-refractivity contribution in [1.29, 1.82) is 0 Å². The molecule has 1 aliphatic rings. The zero-order valence-electron chi connectivity index (χ0n) is 19.1. The van der Waals surface area contributed by atoms with E-state index in [1.807, 2.05) is 6.92 Å². The molecule has 1 aliphatic heterocycles. The molecule has 3 rings (SSSR count). The van der Waals surface area contributed by atoms with Crippen LogP contribution in [0.1, 0.15) is 36.5 Å². The van der Waals surface area contributed by atoms with Crippen molar-refractivity contribution in [2.45, 2.75) is 32.2 Å². The van der Waals surface area contributed by atoms with Crippen LogP contribution in [0.2, 0.25) is 0 Å². The van der Waals surface area contributed by atoms with Gasteiger partial charge in [-0.1, -0.05) is 13.3 Å². The molecule has 2 N–H and O–H groups in total. The van der Waals surface area contributed by atoms with Crippen molar-refractivity contribution in [3.63, 3.8) is 0 Å². The Morgan fingerprint density at radius 3 is 2.45 bits per heavy atom. The zero-order valence-corrected chi connectivity index (χ0v) is 19.1. The number of anilines is 2. The fraction of sp³-hybridized carbons (Fsp3) is 0.375. The minimum Gasteiger partial charge on any atom is -0.493 e. The van der Waals surface area contributed by atoms with Gasteiger partial charge in [-0.25, -0.2) is 9.59 Å². The second-order valence-corrected chi connectivity index (χ2v) is 7.61. The molecule has 2 aromatic carbocycles. The maximum absolute atomic E-state index is 12.5. The number of hydrogen-bond donors (Lipinski definition) is 2. The summed E-state index contributed by atoms with van der Waals surface area (Å²) in [5.41, 5.74) is 1.62. The van der Waals surface area contributed by atoms with Crippen molar-refractivity contribution in [2.24, 2.45) is 0 Å². The highest BCUT2D eigenvalue weighted by atomic mass is 16.5. The summed E-state index contributed by atoms with van der Waals surface area (Å²) in [6.45, 7) is 2.75. The second-order valence-electron chi connectivity index (χ2n) is 7.61. The van der Waals surface area contributed by atoms with E-state index in [1.54, 1.807) is 54.5 Å². The van der Waals surface area contributed by atoms with Gasteiger partial charge in [0.05, 0.1) is 32.4 Å². The van der Waals surface area contributed by atoms with Crippen molar-refractivity contribution in [3.8, 4) is 11.5 Å². The molecule has 2 aromatic rings. The fourth-order valence-electron chi connectivity index (χ4n) is 3.48. The zero-order chi connectivity index (χ0) is 23.8. The van der Waals surface area contributed by atoms with Gasteiger partial charge in [-0.3, -0.25) is 4.79 Å². The number of carbonyl (C=O) groups excluding carboxylic acids is 3. The average Bonchev–Trinajstić information content (AvgIpc) is 3.18. The molecule has 1 heterocycles. The van der Waals surface area contributed by atoms with Crippen LogP contribution in [-0.2, 0) is 9.53 Å². The molecule has 9 heteroatoms. The summed E-state index contributed by atoms with van der Waals surface area (Å²) in [6.07, 6.45) is 1.95. The Balaban J connectivity index is 1.54. The highest BCUT2D eigenvalue weighted by molar-refractivity contribution is 5.98. The third-order valence-electron chi connectivity index (χ3n) is 5.25. The van der Waals surface area contributed by atoms with Gasteiger partial charge in [-0.15, -0.1) is 0 Å². The SMILES string of the molecule is CCCCOC(=O)c1ccc(NC(=O)NC2CC(=O)N(c3ccc(OC)c(OC)c3)C2)cc1. The Morgan fingerprint density at radius 2 is 1.79 bits per heavy atom. The number of carbonyl (C=O) groups is 3. The first-order valence-corrected chi connectivity index (χ1v) is 10.8. The van der Waals surface area contributed by atoms with E-state index in [1.165, 1.54) is 7.11 Å². The number of rotatable bonds is 9. The Bertz CT molecular complexity index is 992. The molecule has 0 aliphatic carbocycles. The van der Waals surface area contributed by atoms with Crippen molar-refractivity contribution in [3.05, 3.63) is 48.0 Å². The lowest BCUT2D eigenvalue weighted by atomic mass is 10.2. The molecule has 0 saturated carbocycles. The molecule has 176 valence electrons. The summed E-state index contributed by atoms with van der Waals surface area (Å²) in [7, 11) is 3.08. The second kappa shape index (κ2) is 11.2. The van der Waals surface area contributed by atoms with Crippen LogP contribution >= 0.6 is 0 Å². The smallest absolute Gasteiger partial charge is 0.338 e. The van der Waals surface area contributed by atoms with Gasteiger partial charge in [-0.2, -0.15) is 0 Å². The van der Waals surface area contributed by atoms with E-state index in [-0.39, 0.29) is 24.3 Å². The Kier molecular flexibility index (Phi) is 8.12. The van der Waals surface area contributed by atoms with Crippen molar-refractivity contribution in [1.82, 2.24) is 5.32 Å². The molecule has 0 bridgehead atoms. The number of benzene rings is 2. The third-order valence-corrected chi connectivity index (χ3v) is 5.25. The quantitative estimate of drug-likeness (QED) is 0.442. The van der Waals surface area contributed by atoms with Crippen LogP contribution in [0.3, 0.4) is 0 Å². The van der Waals surface area contributed by atoms with Gasteiger partial charge in [0.15, 0.2) is 11.5 Å². The van der Waals surface area contributed by atoms with Gasteiger partial charge in [0.1, 0.15) is 0 Å². The fourth-order valence-corrected chi connectivity index (χ4v) is 3.48. The number of esters is 1. The van der Waals surface area contributed by atoms with Crippen LogP contribution in [-0.4, -0.2) is 51.3 Å². The number of urea groups is 1. The monoisotopic (exact) mass is 455 g/mol. The Morgan fingerprint density at radius 1 is 1.06 bits per heavy atom. The van der Waals surface area contributed by atoms with E-state index in [0.717, 1.165) is 12.8 Å². The number of nitrogens with zero attached hydrogens (tertiary/aromatic N) is 1. The third kappa shape index (κ3) is 6.15. The van der Waals surface area contributed by atoms with Crippen LogP contribution in [0.25, 0.3) is 0 Å². The van der Waals surface area contributed by atoms with E-state index in [2.05, 4.69) is 10.6 Å². The van der Waals surface area contributed by atoms with E-state index in [4.69, 9.17) is 14.2 Å². The van der Waals surface area contributed by atoms with Crippen LogP contribution in [0.4, 0.5) is 16.2 Å². The van der Waals surface area contributed by atoms with E-state index >= 15 is 0 Å². The summed E-state index contributed by atoms with van der Waals surface area (Å²) in [5, 5.41) is 5.54. The topological polar surface area (TPSA) is 106 Å². The molecule has 1 fully saturated rings. The Labute approximate surface area is 193 Å². The lowest BCUT2D eigenvalue weighted by Crippen LogP contribution is -2.39. The minimum atomic E-state index is -0.430. The predicted octanol–water partition coefficient (Wildman–Crippen LogP) is 3.59. The molecule has 1 unspecified atom stereocenters. The average molecular weight is 456 g/mol. The molecule has 0 aromatic heterocycles. The van der Waals surface area contributed by atoms with E-state index in [9.17, 15) is 14.4 Å². The van der Waals surface area contributed by atoms with Crippen molar-refractivity contribution in [2.75, 3.05) is 37.6 Å². The largest absolute Gasteiger partial charge is 0.493 e. The molecular weight excluding hydrogens is 426 g/mol. The first kappa shape index (κ1) is 23.9. The highest BCUT2D eigenvalue weighted by Gasteiger charge is 2.32. The van der Waals surface area contributed by atoms with Gasteiger partial charge in [0.2, 0.25) is 5.91 Å². The molecule has 3 amide bonds. The maximum atomic E-state index is 12.5. The number of ether oxygens (including phenoxy) is 3.